The molecule has 0 aliphatic carbocycles. The molecule has 0 amide bonds. The fourth-order valence-electron chi connectivity index (χ4n) is 1.92. The number of nitrogens with two attached hydrogens (primary N) is 1. The summed E-state index contributed by atoms with van der Waals surface area (Å²) in [6.07, 6.45) is 2.49. The molecule has 0 saturated carbocycles. The van der Waals surface area contributed by atoms with Gasteiger partial charge in [0.2, 0.25) is 0 Å². The summed E-state index contributed by atoms with van der Waals surface area (Å²) in [6, 6.07) is 6.06. The fourth-order valence-corrected chi connectivity index (χ4v) is 1.92. The van der Waals surface area contributed by atoms with E-state index < -0.39 is 0 Å². The van der Waals surface area contributed by atoms with Gasteiger partial charge in [0, 0.05) is 11.6 Å². The average Bonchev–Trinajstić information content (AvgIpc) is 2.36. The summed E-state index contributed by atoms with van der Waals surface area (Å²) in [4.78, 5) is 0. The normalized spacial score (nSPS) is 14.3. The van der Waals surface area contributed by atoms with Crippen molar-refractivity contribution in [3.8, 4) is 5.75 Å². The third kappa shape index (κ3) is 4.31. The summed E-state index contributed by atoms with van der Waals surface area (Å²) in [5.74, 6) is 0.864. The fraction of sp³-hybridized carbons (Fsp3) is 0.600. The predicted molar refractivity (Wildman–Crippen MR) is 74.8 cm³/mol. The standard InChI is InChI=1S/C15H25NO2/c1-5-6-11(2)18-10-14-9-13(12(3)16)7-8-15(14)17-4/h7-9,11-12H,5-6,10,16H2,1-4H3. The van der Waals surface area contributed by atoms with Crippen LogP contribution in [0.3, 0.4) is 0 Å². The predicted octanol–water partition coefficient (Wildman–Crippen LogP) is 3.42. The van der Waals surface area contributed by atoms with Gasteiger partial charge >= 0.3 is 0 Å². The minimum atomic E-state index is 0.0303. The van der Waals surface area contributed by atoms with Crippen molar-refractivity contribution in [2.75, 3.05) is 7.11 Å². The Morgan fingerprint density at radius 2 is 2.00 bits per heavy atom. The first-order chi connectivity index (χ1) is 8.58. The van der Waals surface area contributed by atoms with Gasteiger partial charge in [0.25, 0.3) is 0 Å². The highest BCUT2D eigenvalue weighted by Gasteiger charge is 2.09. The Kier molecular flexibility index (Phi) is 6.16. The molecule has 0 aliphatic heterocycles. The number of ether oxygens (including phenoxy) is 2. The summed E-state index contributed by atoms with van der Waals surface area (Å²) in [6.45, 7) is 6.82. The van der Waals surface area contributed by atoms with Crippen LogP contribution < -0.4 is 10.5 Å². The van der Waals surface area contributed by atoms with Gasteiger partial charge in [0.15, 0.2) is 0 Å². The lowest BCUT2D eigenvalue weighted by Crippen LogP contribution is -2.10. The lowest BCUT2D eigenvalue weighted by Gasteiger charge is -2.16. The highest BCUT2D eigenvalue weighted by atomic mass is 16.5. The summed E-state index contributed by atoms with van der Waals surface area (Å²) < 4.78 is 11.2. The van der Waals surface area contributed by atoms with E-state index >= 15 is 0 Å². The van der Waals surface area contributed by atoms with Gasteiger partial charge < -0.3 is 15.2 Å². The van der Waals surface area contributed by atoms with Crippen LogP contribution in [-0.4, -0.2) is 13.2 Å². The van der Waals surface area contributed by atoms with Crippen LogP contribution in [0.5, 0.6) is 5.75 Å². The SMILES string of the molecule is CCCC(C)OCc1cc(C(C)N)ccc1OC. The van der Waals surface area contributed by atoms with Crippen molar-refractivity contribution in [2.45, 2.75) is 52.4 Å². The maximum absolute atomic E-state index is 5.90. The molecule has 0 heterocycles. The first kappa shape index (κ1) is 15.0. The van der Waals surface area contributed by atoms with Crippen molar-refractivity contribution in [1.82, 2.24) is 0 Å². The molecular weight excluding hydrogens is 226 g/mol. The summed E-state index contributed by atoms with van der Waals surface area (Å²) in [5.41, 5.74) is 8.07. The van der Waals surface area contributed by atoms with Crippen molar-refractivity contribution in [2.24, 2.45) is 5.73 Å². The van der Waals surface area contributed by atoms with Crippen LogP contribution >= 0.6 is 0 Å². The van der Waals surface area contributed by atoms with Crippen molar-refractivity contribution in [3.63, 3.8) is 0 Å². The van der Waals surface area contributed by atoms with Crippen molar-refractivity contribution < 1.29 is 9.47 Å². The molecule has 2 N–H and O–H groups in total. The van der Waals surface area contributed by atoms with Gasteiger partial charge in [-0.05, 0) is 38.0 Å². The third-order valence-corrected chi connectivity index (χ3v) is 3.05. The van der Waals surface area contributed by atoms with Crippen molar-refractivity contribution in [1.29, 1.82) is 0 Å². The Balaban J connectivity index is 2.75. The Bertz CT molecular complexity index is 364. The van der Waals surface area contributed by atoms with E-state index in [2.05, 4.69) is 19.9 Å². The molecule has 2 atom stereocenters. The first-order valence-corrected chi connectivity index (χ1v) is 6.62. The zero-order valence-electron chi connectivity index (χ0n) is 11.9. The largest absolute Gasteiger partial charge is 0.496 e. The summed E-state index contributed by atoms with van der Waals surface area (Å²) in [7, 11) is 1.68. The van der Waals surface area contributed by atoms with Crippen molar-refractivity contribution >= 4 is 0 Å². The second-order valence-corrected chi connectivity index (χ2v) is 4.77. The number of hydrogen-bond acceptors (Lipinski definition) is 3. The van der Waals surface area contributed by atoms with E-state index in [4.69, 9.17) is 15.2 Å². The smallest absolute Gasteiger partial charge is 0.124 e. The molecule has 0 aliphatic rings. The van der Waals surface area contributed by atoms with Crippen LogP contribution in [0.1, 0.15) is 50.8 Å². The molecular formula is C15H25NO2. The topological polar surface area (TPSA) is 44.5 Å². The van der Waals surface area contributed by atoms with E-state index in [9.17, 15) is 0 Å². The van der Waals surface area contributed by atoms with Crippen LogP contribution in [0, 0.1) is 0 Å². The van der Waals surface area contributed by atoms with Gasteiger partial charge in [0.1, 0.15) is 5.75 Å². The number of benzene rings is 1. The van der Waals surface area contributed by atoms with E-state index in [0.29, 0.717) is 6.61 Å². The highest BCUT2D eigenvalue weighted by molar-refractivity contribution is 5.37. The van der Waals surface area contributed by atoms with Gasteiger partial charge in [-0.15, -0.1) is 0 Å². The number of methoxy groups -OCH3 is 1. The van der Waals surface area contributed by atoms with Gasteiger partial charge in [-0.2, -0.15) is 0 Å². The Labute approximate surface area is 110 Å². The van der Waals surface area contributed by atoms with Gasteiger partial charge in [-0.25, -0.2) is 0 Å². The minimum Gasteiger partial charge on any atom is -0.496 e. The van der Waals surface area contributed by atoms with E-state index in [-0.39, 0.29) is 12.1 Å². The summed E-state index contributed by atoms with van der Waals surface area (Å²) in [5, 5.41) is 0. The van der Waals surface area contributed by atoms with Gasteiger partial charge in [-0.1, -0.05) is 19.4 Å². The van der Waals surface area contributed by atoms with Crippen LogP contribution in [0.4, 0.5) is 0 Å². The van der Waals surface area contributed by atoms with E-state index in [1.165, 1.54) is 0 Å². The molecule has 0 radical (unpaired) electrons. The molecule has 0 saturated heterocycles. The second kappa shape index (κ2) is 7.39. The van der Waals surface area contributed by atoms with Gasteiger partial charge in [0.05, 0.1) is 19.8 Å². The molecule has 0 aromatic heterocycles. The van der Waals surface area contributed by atoms with Crippen LogP contribution in [-0.2, 0) is 11.3 Å². The quantitative estimate of drug-likeness (QED) is 0.807. The third-order valence-electron chi connectivity index (χ3n) is 3.05. The van der Waals surface area contributed by atoms with Crippen molar-refractivity contribution in [3.05, 3.63) is 29.3 Å². The lowest BCUT2D eigenvalue weighted by atomic mass is 10.1. The molecule has 102 valence electrons. The maximum Gasteiger partial charge on any atom is 0.124 e. The zero-order chi connectivity index (χ0) is 13.5. The van der Waals surface area contributed by atoms with Gasteiger partial charge in [-0.3, -0.25) is 0 Å². The Morgan fingerprint density at radius 3 is 2.56 bits per heavy atom. The summed E-state index contributed by atoms with van der Waals surface area (Å²) >= 11 is 0. The Hall–Kier alpha value is -1.06. The molecule has 2 unspecified atom stereocenters. The average molecular weight is 251 g/mol. The van der Waals surface area contributed by atoms with E-state index in [0.717, 1.165) is 29.7 Å². The minimum absolute atomic E-state index is 0.0303. The first-order valence-electron chi connectivity index (χ1n) is 6.62. The van der Waals surface area contributed by atoms with E-state index in [1.54, 1.807) is 7.11 Å². The lowest BCUT2D eigenvalue weighted by molar-refractivity contribution is 0.0460. The molecule has 0 bridgehead atoms. The highest BCUT2D eigenvalue weighted by Crippen LogP contribution is 2.24. The zero-order valence-corrected chi connectivity index (χ0v) is 11.9. The molecule has 1 rings (SSSR count). The van der Waals surface area contributed by atoms with Crippen LogP contribution in [0.25, 0.3) is 0 Å². The molecule has 0 fully saturated rings. The second-order valence-electron chi connectivity index (χ2n) is 4.77. The van der Waals surface area contributed by atoms with Crippen LogP contribution in [0.2, 0.25) is 0 Å². The molecule has 18 heavy (non-hydrogen) atoms. The maximum atomic E-state index is 5.90. The molecule has 1 aromatic carbocycles. The number of hydrogen-bond donors (Lipinski definition) is 1. The van der Waals surface area contributed by atoms with E-state index in [1.807, 2.05) is 19.1 Å². The molecule has 3 nitrogen and oxygen atoms in total. The molecule has 0 spiro atoms. The molecule has 3 heteroatoms. The monoisotopic (exact) mass is 251 g/mol. The Morgan fingerprint density at radius 1 is 1.28 bits per heavy atom. The van der Waals surface area contributed by atoms with Crippen LogP contribution in [0.15, 0.2) is 18.2 Å². The number of rotatable bonds is 7. The molecule has 1 aromatic rings.